The van der Waals surface area contributed by atoms with Gasteiger partial charge < -0.3 is 0 Å². The molecule has 0 aromatic heterocycles. The van der Waals surface area contributed by atoms with Gasteiger partial charge in [0.25, 0.3) is 0 Å². The maximum Gasteiger partial charge on any atom is 0.160 e. The van der Waals surface area contributed by atoms with E-state index in [9.17, 15) is 9.18 Å². The van der Waals surface area contributed by atoms with E-state index >= 15 is 0 Å². The van der Waals surface area contributed by atoms with E-state index in [1.807, 2.05) is 31.2 Å². The summed E-state index contributed by atoms with van der Waals surface area (Å²) in [6.45, 7) is 5.26. The summed E-state index contributed by atoms with van der Waals surface area (Å²) in [4.78, 5) is 12.0. The number of nitriles is 1. The molecular formula is C19H16FNO. The molecule has 0 atom stereocenters. The molecule has 0 amide bonds. The molecule has 0 saturated heterocycles. The van der Waals surface area contributed by atoms with Crippen molar-refractivity contribution in [2.75, 3.05) is 0 Å². The third kappa shape index (κ3) is 3.12. The molecule has 0 spiro atoms. The van der Waals surface area contributed by atoms with E-state index in [0.29, 0.717) is 16.7 Å². The van der Waals surface area contributed by atoms with E-state index < -0.39 is 5.82 Å². The lowest BCUT2D eigenvalue weighted by Crippen LogP contribution is -2.00. The Morgan fingerprint density at radius 3 is 2.14 bits per heavy atom. The Morgan fingerprint density at radius 1 is 1.05 bits per heavy atom. The molecular weight excluding hydrogens is 277 g/mol. The number of carbonyl (C=O) groups excluding carboxylic acids is 1. The van der Waals surface area contributed by atoms with Crippen LogP contribution in [-0.4, -0.2) is 5.78 Å². The highest BCUT2D eigenvalue weighted by Crippen LogP contribution is 2.28. The fourth-order valence-corrected chi connectivity index (χ4v) is 2.39. The molecule has 0 aliphatic rings. The highest BCUT2D eigenvalue weighted by Gasteiger charge is 2.14. The number of rotatable bonds is 3. The van der Waals surface area contributed by atoms with Crippen molar-refractivity contribution in [2.45, 2.75) is 20.8 Å². The van der Waals surface area contributed by atoms with Crippen LogP contribution in [0.1, 0.15) is 36.1 Å². The normalized spacial score (nSPS) is 11.6. The Labute approximate surface area is 129 Å². The van der Waals surface area contributed by atoms with Crippen molar-refractivity contribution in [3.05, 3.63) is 70.5 Å². The zero-order chi connectivity index (χ0) is 16.3. The first-order valence-electron chi connectivity index (χ1n) is 6.93. The highest BCUT2D eigenvalue weighted by molar-refractivity contribution is 6.26. The molecule has 2 nitrogen and oxygen atoms in total. The maximum atomic E-state index is 13.8. The first-order chi connectivity index (χ1) is 10.4. The molecule has 0 N–H and O–H groups in total. The number of ketones is 1. The van der Waals surface area contributed by atoms with Gasteiger partial charge in [-0.15, -0.1) is 0 Å². The molecule has 3 heteroatoms. The van der Waals surface area contributed by atoms with Crippen molar-refractivity contribution in [3.8, 4) is 6.07 Å². The summed E-state index contributed by atoms with van der Waals surface area (Å²) in [6.07, 6.45) is 0. The molecule has 0 aliphatic carbocycles. The summed E-state index contributed by atoms with van der Waals surface area (Å²) >= 11 is 0. The van der Waals surface area contributed by atoms with Crippen LogP contribution in [0.2, 0.25) is 0 Å². The number of carbonyl (C=O) groups is 1. The summed E-state index contributed by atoms with van der Waals surface area (Å²) in [7, 11) is 0. The largest absolute Gasteiger partial charge is 0.294 e. The van der Waals surface area contributed by atoms with E-state index in [4.69, 9.17) is 5.26 Å². The molecule has 0 heterocycles. The Morgan fingerprint density at radius 2 is 1.64 bits per heavy atom. The lowest BCUT2D eigenvalue weighted by atomic mass is 9.92. The Balaban J connectivity index is 2.61. The predicted molar refractivity (Wildman–Crippen MR) is 85.5 cm³/mol. The minimum Gasteiger partial charge on any atom is -0.294 e. The third-order valence-corrected chi connectivity index (χ3v) is 3.59. The first kappa shape index (κ1) is 15.7. The summed E-state index contributed by atoms with van der Waals surface area (Å²) in [5.74, 6) is -0.655. The number of allylic oxidation sites excluding steroid dienone is 2. The summed E-state index contributed by atoms with van der Waals surface area (Å²) in [5.41, 5.74) is 3.76. The molecule has 0 aliphatic heterocycles. The van der Waals surface area contributed by atoms with E-state index in [1.54, 1.807) is 19.1 Å². The van der Waals surface area contributed by atoms with Gasteiger partial charge >= 0.3 is 0 Å². The summed E-state index contributed by atoms with van der Waals surface area (Å²) in [5, 5.41) is 8.79. The summed E-state index contributed by atoms with van der Waals surface area (Å²) < 4.78 is 13.8. The van der Waals surface area contributed by atoms with Gasteiger partial charge in [0.05, 0.1) is 5.56 Å². The second kappa shape index (κ2) is 6.36. The zero-order valence-electron chi connectivity index (χ0n) is 12.8. The molecule has 0 unspecified atom stereocenters. The van der Waals surface area contributed by atoms with Crippen LogP contribution in [-0.2, 0) is 4.79 Å². The van der Waals surface area contributed by atoms with Crippen molar-refractivity contribution in [1.29, 1.82) is 5.26 Å². The molecule has 110 valence electrons. The van der Waals surface area contributed by atoms with Gasteiger partial charge in [0.2, 0.25) is 0 Å². The van der Waals surface area contributed by atoms with Crippen LogP contribution in [0.25, 0.3) is 11.1 Å². The lowest BCUT2D eigenvalue weighted by molar-refractivity contribution is -0.111. The minimum absolute atomic E-state index is 0.00346. The number of benzene rings is 2. The fraction of sp³-hybridized carbons (Fsp3) is 0.158. The number of Topliss-reactive ketones (excluding diaryl/α,β-unsaturated/α-hetero) is 1. The number of halogens is 1. The van der Waals surface area contributed by atoms with E-state index in [-0.39, 0.29) is 11.3 Å². The lowest BCUT2D eigenvalue weighted by Gasteiger charge is -2.11. The van der Waals surface area contributed by atoms with Gasteiger partial charge in [-0.1, -0.05) is 35.9 Å². The minimum atomic E-state index is -0.578. The number of hydrogen-bond acceptors (Lipinski definition) is 2. The SMILES string of the molecule is CC(=O)C(=C(C)c1ccc(C#N)c(F)c1)c1ccc(C)cc1. The average molecular weight is 293 g/mol. The van der Waals surface area contributed by atoms with E-state index in [0.717, 1.165) is 11.1 Å². The van der Waals surface area contributed by atoms with Gasteiger partial charge in [0.15, 0.2) is 5.78 Å². The van der Waals surface area contributed by atoms with E-state index in [2.05, 4.69) is 0 Å². The highest BCUT2D eigenvalue weighted by atomic mass is 19.1. The quantitative estimate of drug-likeness (QED) is 0.616. The Hall–Kier alpha value is -2.73. The second-order valence-corrected chi connectivity index (χ2v) is 5.23. The predicted octanol–water partition coefficient (Wildman–Crippen LogP) is 4.53. The van der Waals surface area contributed by atoms with Crippen LogP contribution >= 0.6 is 0 Å². The van der Waals surface area contributed by atoms with Crippen molar-refractivity contribution >= 4 is 16.9 Å². The molecule has 22 heavy (non-hydrogen) atoms. The first-order valence-corrected chi connectivity index (χ1v) is 6.93. The second-order valence-electron chi connectivity index (χ2n) is 5.23. The van der Waals surface area contributed by atoms with Crippen molar-refractivity contribution in [2.24, 2.45) is 0 Å². The average Bonchev–Trinajstić information content (AvgIpc) is 2.49. The number of hydrogen-bond donors (Lipinski definition) is 0. The zero-order valence-corrected chi connectivity index (χ0v) is 12.8. The maximum absolute atomic E-state index is 13.8. The van der Waals surface area contributed by atoms with Crippen molar-refractivity contribution in [3.63, 3.8) is 0 Å². The fourth-order valence-electron chi connectivity index (χ4n) is 2.39. The molecule has 0 radical (unpaired) electrons. The molecule has 2 rings (SSSR count). The van der Waals surface area contributed by atoms with Crippen molar-refractivity contribution < 1.29 is 9.18 Å². The molecule has 0 fully saturated rings. The van der Waals surface area contributed by atoms with Crippen LogP contribution in [0, 0.1) is 24.1 Å². The Bertz CT molecular complexity index is 795. The van der Waals surface area contributed by atoms with Gasteiger partial charge in [0.1, 0.15) is 11.9 Å². The van der Waals surface area contributed by atoms with Crippen LogP contribution in [0.15, 0.2) is 42.5 Å². The Kier molecular flexibility index (Phi) is 4.53. The topological polar surface area (TPSA) is 40.9 Å². The van der Waals surface area contributed by atoms with Gasteiger partial charge in [-0.2, -0.15) is 5.26 Å². The van der Waals surface area contributed by atoms with Gasteiger partial charge in [-0.25, -0.2) is 4.39 Å². The van der Waals surface area contributed by atoms with Gasteiger partial charge in [-0.05, 0) is 49.6 Å². The van der Waals surface area contributed by atoms with Crippen molar-refractivity contribution in [1.82, 2.24) is 0 Å². The third-order valence-electron chi connectivity index (χ3n) is 3.59. The monoisotopic (exact) mass is 293 g/mol. The van der Waals surface area contributed by atoms with Crippen LogP contribution < -0.4 is 0 Å². The standard InChI is InChI=1S/C19H16FNO/c1-12-4-6-15(7-5-12)19(14(3)22)13(2)16-8-9-17(11-21)18(20)10-16/h4-10H,1-3H3. The van der Waals surface area contributed by atoms with Gasteiger partial charge in [-0.3, -0.25) is 4.79 Å². The molecule has 0 bridgehead atoms. The molecule has 0 saturated carbocycles. The van der Waals surface area contributed by atoms with Gasteiger partial charge in [0, 0.05) is 5.57 Å². The number of nitrogens with zero attached hydrogens (tertiary/aromatic N) is 1. The van der Waals surface area contributed by atoms with Crippen LogP contribution in [0.4, 0.5) is 4.39 Å². The summed E-state index contributed by atoms with van der Waals surface area (Å²) in [6, 6.07) is 13.8. The molecule has 2 aromatic rings. The van der Waals surface area contributed by atoms with Crippen LogP contribution in [0.5, 0.6) is 0 Å². The number of aryl methyl sites for hydroxylation is 1. The smallest absolute Gasteiger partial charge is 0.160 e. The van der Waals surface area contributed by atoms with Crippen LogP contribution in [0.3, 0.4) is 0 Å². The molecule has 2 aromatic carbocycles. The van der Waals surface area contributed by atoms with E-state index in [1.165, 1.54) is 19.1 Å².